The van der Waals surface area contributed by atoms with Crippen molar-refractivity contribution in [2.45, 2.75) is 50.4 Å². The van der Waals surface area contributed by atoms with Crippen molar-refractivity contribution in [2.75, 3.05) is 0 Å². The number of aliphatic hydroxyl groups excluding tert-OH is 3. The second kappa shape index (κ2) is 11.5. The number of halogens is 1. The quantitative estimate of drug-likeness (QED) is 0.304. The molecule has 0 aliphatic heterocycles. The Morgan fingerprint density at radius 1 is 1.21 bits per heavy atom. The van der Waals surface area contributed by atoms with E-state index < -0.39 is 24.3 Å². The lowest BCUT2D eigenvalue weighted by Crippen LogP contribution is -2.20. The van der Waals surface area contributed by atoms with Crippen LogP contribution >= 0.6 is 0 Å². The first-order valence-electron chi connectivity index (χ1n) is 9.73. The number of hydrogen-bond acceptors (Lipinski definition) is 4. The van der Waals surface area contributed by atoms with Gasteiger partial charge in [0.1, 0.15) is 11.9 Å². The molecule has 0 saturated heterocycles. The molecular formula is C23H27FO5. The van der Waals surface area contributed by atoms with E-state index in [2.05, 4.69) is 11.8 Å². The minimum Gasteiger partial charge on any atom is -0.481 e. The highest BCUT2D eigenvalue weighted by Gasteiger charge is 2.39. The van der Waals surface area contributed by atoms with Gasteiger partial charge in [-0.2, -0.15) is 0 Å². The average molecular weight is 402 g/mol. The van der Waals surface area contributed by atoms with Gasteiger partial charge < -0.3 is 20.4 Å². The number of hydrogen-bond donors (Lipinski definition) is 4. The summed E-state index contributed by atoms with van der Waals surface area (Å²) in [4.78, 5) is 10.5. The van der Waals surface area contributed by atoms with Crippen molar-refractivity contribution in [2.24, 2.45) is 11.8 Å². The summed E-state index contributed by atoms with van der Waals surface area (Å²) < 4.78 is 12.9. The summed E-state index contributed by atoms with van der Waals surface area (Å²) in [6.45, 7) is 0. The Kier molecular flexibility index (Phi) is 9.07. The Balaban J connectivity index is 1.91. The third kappa shape index (κ3) is 7.82. The lowest BCUT2D eigenvalue weighted by Gasteiger charge is -2.19. The molecule has 0 aromatic heterocycles. The fraction of sp³-hybridized carbons (Fsp3) is 0.435. The molecule has 29 heavy (non-hydrogen) atoms. The van der Waals surface area contributed by atoms with Crippen LogP contribution in [0, 0.1) is 29.5 Å². The van der Waals surface area contributed by atoms with Crippen LogP contribution in [-0.2, 0) is 4.79 Å². The number of benzene rings is 1. The first-order chi connectivity index (χ1) is 13.9. The Bertz CT molecular complexity index is 775. The van der Waals surface area contributed by atoms with E-state index in [1.165, 1.54) is 30.3 Å². The van der Waals surface area contributed by atoms with Gasteiger partial charge in [0, 0.05) is 24.3 Å². The van der Waals surface area contributed by atoms with Gasteiger partial charge in [-0.25, -0.2) is 4.39 Å². The third-order valence-electron chi connectivity index (χ3n) is 4.98. The molecule has 0 radical (unpaired) electrons. The molecule has 1 aromatic carbocycles. The van der Waals surface area contributed by atoms with Crippen LogP contribution in [0.2, 0.25) is 0 Å². The second-order valence-corrected chi connectivity index (χ2v) is 7.21. The minimum atomic E-state index is -1.04. The number of aliphatic hydroxyl groups is 3. The molecule has 1 fully saturated rings. The van der Waals surface area contributed by atoms with E-state index in [1.807, 2.05) is 12.2 Å². The van der Waals surface area contributed by atoms with Crippen LogP contribution in [0.1, 0.15) is 37.7 Å². The first kappa shape index (κ1) is 22.8. The van der Waals surface area contributed by atoms with Crippen molar-refractivity contribution in [3.8, 4) is 11.8 Å². The molecule has 4 N–H and O–H groups in total. The van der Waals surface area contributed by atoms with Crippen LogP contribution in [0.4, 0.5) is 4.39 Å². The van der Waals surface area contributed by atoms with Crippen molar-refractivity contribution in [1.29, 1.82) is 0 Å². The minimum absolute atomic E-state index is 0.122. The number of rotatable bonds is 8. The molecule has 1 aliphatic rings. The van der Waals surface area contributed by atoms with Gasteiger partial charge in [0.05, 0.1) is 12.2 Å². The van der Waals surface area contributed by atoms with E-state index in [4.69, 9.17) is 5.11 Å². The molecule has 2 rings (SSSR count). The average Bonchev–Trinajstić information content (AvgIpc) is 2.94. The highest BCUT2D eigenvalue weighted by Crippen LogP contribution is 2.36. The molecule has 0 spiro atoms. The highest BCUT2D eigenvalue weighted by atomic mass is 19.1. The molecule has 1 saturated carbocycles. The summed E-state index contributed by atoms with van der Waals surface area (Å²) in [5, 5.41) is 39.1. The van der Waals surface area contributed by atoms with E-state index in [0.29, 0.717) is 24.8 Å². The van der Waals surface area contributed by atoms with Crippen molar-refractivity contribution >= 4 is 5.97 Å². The van der Waals surface area contributed by atoms with Gasteiger partial charge >= 0.3 is 5.97 Å². The standard InChI is InChI=1S/C23H27FO5/c24-17-10-7-16(8-11-17)9-12-18(25)13-14-20-19(21(26)15-22(20)27)5-3-1-2-4-6-23(28)29/h1,3,7-8,10-11,13-14,18-22,25-27H,2,4-6,15H2,(H,28,29)/b3-1-,14-13+/t18?,19-,20-,21+,22-/m1/s1. The normalized spacial score (nSPS) is 25.2. The zero-order valence-electron chi connectivity index (χ0n) is 16.1. The molecule has 1 aliphatic carbocycles. The van der Waals surface area contributed by atoms with E-state index >= 15 is 0 Å². The Labute approximate surface area is 170 Å². The summed E-state index contributed by atoms with van der Waals surface area (Å²) in [6, 6.07) is 5.63. The van der Waals surface area contributed by atoms with E-state index in [-0.39, 0.29) is 30.5 Å². The number of carboxylic acids is 1. The van der Waals surface area contributed by atoms with E-state index in [9.17, 15) is 24.5 Å². The van der Waals surface area contributed by atoms with Gasteiger partial charge in [0.2, 0.25) is 0 Å². The Morgan fingerprint density at radius 2 is 1.93 bits per heavy atom. The topological polar surface area (TPSA) is 98.0 Å². The second-order valence-electron chi connectivity index (χ2n) is 7.21. The Morgan fingerprint density at radius 3 is 2.62 bits per heavy atom. The van der Waals surface area contributed by atoms with Crippen LogP contribution < -0.4 is 0 Å². The maximum atomic E-state index is 12.9. The van der Waals surface area contributed by atoms with E-state index in [1.54, 1.807) is 6.08 Å². The molecular weight excluding hydrogens is 375 g/mol. The number of aliphatic carboxylic acids is 1. The molecule has 0 bridgehead atoms. The highest BCUT2D eigenvalue weighted by molar-refractivity contribution is 5.66. The van der Waals surface area contributed by atoms with E-state index in [0.717, 1.165) is 0 Å². The predicted molar refractivity (Wildman–Crippen MR) is 107 cm³/mol. The van der Waals surface area contributed by atoms with Crippen molar-refractivity contribution in [1.82, 2.24) is 0 Å². The van der Waals surface area contributed by atoms with Crippen LogP contribution in [0.3, 0.4) is 0 Å². The van der Waals surface area contributed by atoms with Crippen LogP contribution in [-0.4, -0.2) is 44.7 Å². The SMILES string of the molecule is O=C(O)CCC/C=C\C[C@@H]1[C@@H](/C=C/C(O)C#Cc2ccc(F)cc2)[C@H](O)C[C@@H]1O. The van der Waals surface area contributed by atoms with Gasteiger partial charge in [-0.1, -0.05) is 30.1 Å². The summed E-state index contributed by atoms with van der Waals surface area (Å²) >= 11 is 0. The van der Waals surface area contributed by atoms with Gasteiger partial charge in [-0.15, -0.1) is 0 Å². The van der Waals surface area contributed by atoms with Crippen LogP contribution in [0.5, 0.6) is 0 Å². The number of allylic oxidation sites excluding steroid dienone is 2. The third-order valence-corrected chi connectivity index (χ3v) is 4.98. The summed E-state index contributed by atoms with van der Waals surface area (Å²) in [5.74, 6) is 3.74. The van der Waals surface area contributed by atoms with Gasteiger partial charge in [-0.3, -0.25) is 4.79 Å². The predicted octanol–water partition coefficient (Wildman–Crippen LogP) is 2.65. The summed E-state index contributed by atoms with van der Waals surface area (Å²) in [5.41, 5.74) is 0.584. The zero-order chi connectivity index (χ0) is 21.2. The van der Waals surface area contributed by atoms with Crippen molar-refractivity contribution in [3.63, 3.8) is 0 Å². The van der Waals surface area contributed by atoms with Crippen LogP contribution in [0.15, 0.2) is 48.6 Å². The molecule has 0 amide bonds. The smallest absolute Gasteiger partial charge is 0.303 e. The van der Waals surface area contributed by atoms with Gasteiger partial charge in [0.15, 0.2) is 0 Å². The van der Waals surface area contributed by atoms with Gasteiger partial charge in [0.25, 0.3) is 0 Å². The van der Waals surface area contributed by atoms with Gasteiger partial charge in [-0.05, 0) is 55.5 Å². The summed E-state index contributed by atoms with van der Waals surface area (Å²) in [7, 11) is 0. The molecule has 5 nitrogen and oxygen atoms in total. The van der Waals surface area contributed by atoms with Crippen molar-refractivity contribution < 1.29 is 29.6 Å². The molecule has 156 valence electrons. The fourth-order valence-electron chi connectivity index (χ4n) is 3.42. The number of unbranched alkanes of at least 4 members (excludes halogenated alkanes) is 1. The first-order valence-corrected chi connectivity index (χ1v) is 9.73. The largest absolute Gasteiger partial charge is 0.481 e. The maximum Gasteiger partial charge on any atom is 0.303 e. The number of carboxylic acid groups (broad SMARTS) is 1. The van der Waals surface area contributed by atoms with Crippen molar-refractivity contribution in [3.05, 3.63) is 60.0 Å². The molecule has 1 aromatic rings. The zero-order valence-corrected chi connectivity index (χ0v) is 16.1. The summed E-state index contributed by atoms with van der Waals surface area (Å²) in [6.07, 6.45) is 6.73. The molecule has 1 unspecified atom stereocenters. The monoisotopic (exact) mass is 402 g/mol. The lowest BCUT2D eigenvalue weighted by molar-refractivity contribution is -0.137. The Hall–Kier alpha value is -2.46. The fourth-order valence-corrected chi connectivity index (χ4v) is 3.42. The van der Waals surface area contributed by atoms with Crippen LogP contribution in [0.25, 0.3) is 0 Å². The number of carbonyl (C=O) groups is 1. The molecule has 5 atom stereocenters. The maximum absolute atomic E-state index is 12.9. The molecule has 0 heterocycles. The molecule has 6 heteroatoms. The lowest BCUT2D eigenvalue weighted by atomic mass is 9.89.